The Labute approximate surface area is 229 Å². The maximum atomic E-state index is 13.7. The van der Waals surface area contributed by atoms with Crippen molar-refractivity contribution in [3.63, 3.8) is 0 Å². The molecule has 2 N–H and O–H groups in total. The molecule has 39 heavy (non-hydrogen) atoms. The normalized spacial score (nSPS) is 18.0. The van der Waals surface area contributed by atoms with Gasteiger partial charge in [-0.15, -0.1) is 0 Å². The van der Waals surface area contributed by atoms with Crippen LogP contribution in [0.5, 0.6) is 11.5 Å². The number of aromatic nitrogens is 1. The summed E-state index contributed by atoms with van der Waals surface area (Å²) in [6, 6.07) is 15.9. The molecule has 206 valence electrons. The predicted molar refractivity (Wildman–Crippen MR) is 149 cm³/mol. The third-order valence-corrected chi connectivity index (χ3v) is 6.96. The first kappa shape index (κ1) is 28.1. The second kappa shape index (κ2) is 12.7. The van der Waals surface area contributed by atoms with Crippen molar-refractivity contribution in [3.05, 3.63) is 83.7 Å². The van der Waals surface area contributed by atoms with E-state index in [0.717, 1.165) is 11.3 Å². The molecular weight excluding hydrogens is 496 g/mol. The first-order valence-electron chi connectivity index (χ1n) is 13.0. The van der Waals surface area contributed by atoms with Gasteiger partial charge in [0.15, 0.2) is 5.75 Å². The van der Waals surface area contributed by atoms with Gasteiger partial charge in [-0.05, 0) is 55.9 Å². The Hall–Kier alpha value is -3.95. The van der Waals surface area contributed by atoms with Crippen molar-refractivity contribution in [2.45, 2.75) is 32.5 Å². The molecular formula is C30H36N4O5. The number of ether oxygens (including phenoxy) is 2. The summed E-state index contributed by atoms with van der Waals surface area (Å²) in [5.74, 6) is 0.483. The molecule has 1 aliphatic heterocycles. The van der Waals surface area contributed by atoms with Crippen molar-refractivity contribution < 1.29 is 24.2 Å². The number of likely N-dealkylation sites (N-methyl/N-ethyl adjacent to an activating group) is 1. The fourth-order valence-electron chi connectivity index (χ4n) is 4.71. The minimum atomic E-state index is -0.379. The minimum Gasteiger partial charge on any atom is -0.497 e. The zero-order valence-electron chi connectivity index (χ0n) is 22.8. The highest BCUT2D eigenvalue weighted by molar-refractivity contribution is 6.07. The molecule has 0 saturated heterocycles. The summed E-state index contributed by atoms with van der Waals surface area (Å²) in [7, 11) is 3.67. The van der Waals surface area contributed by atoms with Crippen LogP contribution in [0.4, 0.5) is 5.69 Å². The summed E-state index contributed by atoms with van der Waals surface area (Å²) in [6.07, 6.45) is 2.79. The molecule has 0 radical (unpaired) electrons. The van der Waals surface area contributed by atoms with E-state index < -0.39 is 0 Å². The number of hydrogen-bond donors (Lipinski definition) is 2. The number of aliphatic hydroxyl groups excluding tert-OH is 1. The lowest BCUT2D eigenvalue weighted by atomic mass is 9.98. The molecule has 3 atom stereocenters. The Balaban J connectivity index is 1.66. The molecule has 1 aliphatic rings. The van der Waals surface area contributed by atoms with E-state index in [-0.39, 0.29) is 36.5 Å². The fourth-order valence-corrected chi connectivity index (χ4v) is 4.71. The van der Waals surface area contributed by atoms with Crippen molar-refractivity contribution in [2.24, 2.45) is 5.92 Å². The van der Waals surface area contributed by atoms with E-state index in [1.807, 2.05) is 45.2 Å². The predicted octanol–water partition coefficient (Wildman–Crippen LogP) is 3.69. The number of carbonyl (C=O) groups excluding carboxylic acids is 2. The third-order valence-electron chi connectivity index (χ3n) is 6.96. The van der Waals surface area contributed by atoms with Gasteiger partial charge >= 0.3 is 0 Å². The van der Waals surface area contributed by atoms with Gasteiger partial charge in [0.05, 0.1) is 31.0 Å². The molecule has 1 aromatic heterocycles. The van der Waals surface area contributed by atoms with E-state index in [1.165, 1.54) is 0 Å². The van der Waals surface area contributed by atoms with Crippen molar-refractivity contribution in [1.29, 1.82) is 0 Å². The molecule has 0 fully saturated rings. The van der Waals surface area contributed by atoms with Gasteiger partial charge in [0, 0.05) is 43.5 Å². The number of nitrogens with one attached hydrogen (secondary N) is 1. The van der Waals surface area contributed by atoms with Crippen molar-refractivity contribution in [2.75, 3.05) is 39.2 Å². The van der Waals surface area contributed by atoms with Crippen LogP contribution >= 0.6 is 0 Å². The number of amides is 2. The van der Waals surface area contributed by atoms with Crippen LogP contribution in [-0.2, 0) is 6.54 Å². The lowest BCUT2D eigenvalue weighted by Gasteiger charge is -2.38. The average molecular weight is 533 g/mol. The molecule has 0 bridgehead atoms. The van der Waals surface area contributed by atoms with Gasteiger partial charge in [0.1, 0.15) is 11.9 Å². The van der Waals surface area contributed by atoms with Crippen LogP contribution in [0.3, 0.4) is 0 Å². The van der Waals surface area contributed by atoms with Gasteiger partial charge in [-0.1, -0.05) is 25.1 Å². The molecule has 9 heteroatoms. The smallest absolute Gasteiger partial charge is 0.258 e. The average Bonchev–Trinajstić information content (AvgIpc) is 2.95. The van der Waals surface area contributed by atoms with Crippen LogP contribution in [0.1, 0.15) is 40.1 Å². The largest absolute Gasteiger partial charge is 0.497 e. The molecule has 2 amide bonds. The molecule has 0 aliphatic carbocycles. The Kier molecular flexibility index (Phi) is 9.16. The highest BCUT2D eigenvalue weighted by Crippen LogP contribution is 2.35. The topological polar surface area (TPSA) is 104 Å². The number of hydrogen-bond acceptors (Lipinski definition) is 7. The quantitative estimate of drug-likeness (QED) is 0.433. The van der Waals surface area contributed by atoms with E-state index in [0.29, 0.717) is 42.2 Å². The van der Waals surface area contributed by atoms with Gasteiger partial charge in [0.25, 0.3) is 11.8 Å². The first-order valence-corrected chi connectivity index (χ1v) is 13.0. The lowest BCUT2D eigenvalue weighted by molar-refractivity contribution is 0.0343. The van der Waals surface area contributed by atoms with Gasteiger partial charge in [-0.25, -0.2) is 0 Å². The third kappa shape index (κ3) is 6.74. The summed E-state index contributed by atoms with van der Waals surface area (Å²) < 4.78 is 12.0. The van der Waals surface area contributed by atoms with Gasteiger partial charge in [-0.2, -0.15) is 0 Å². The van der Waals surface area contributed by atoms with E-state index in [2.05, 4.69) is 15.2 Å². The zero-order valence-corrected chi connectivity index (χ0v) is 22.8. The van der Waals surface area contributed by atoms with E-state index >= 15 is 0 Å². The summed E-state index contributed by atoms with van der Waals surface area (Å²) in [5.41, 5.74) is 2.30. The van der Waals surface area contributed by atoms with Gasteiger partial charge in [0.2, 0.25) is 0 Å². The molecule has 0 spiro atoms. The van der Waals surface area contributed by atoms with Crippen LogP contribution < -0.4 is 14.8 Å². The number of aliphatic hydroxyl groups is 1. The van der Waals surface area contributed by atoms with E-state index in [9.17, 15) is 14.7 Å². The fraction of sp³-hybridized carbons (Fsp3) is 0.367. The molecule has 2 aromatic carbocycles. The lowest BCUT2D eigenvalue weighted by Crippen LogP contribution is -2.49. The highest BCUT2D eigenvalue weighted by atomic mass is 16.5. The van der Waals surface area contributed by atoms with E-state index in [1.54, 1.807) is 54.7 Å². The van der Waals surface area contributed by atoms with Crippen LogP contribution in [0.25, 0.3) is 0 Å². The number of para-hydroxylation sites is 1. The molecule has 0 saturated carbocycles. The maximum absolute atomic E-state index is 13.7. The molecule has 9 nitrogen and oxygen atoms in total. The molecule has 2 heterocycles. The maximum Gasteiger partial charge on any atom is 0.258 e. The molecule has 4 rings (SSSR count). The summed E-state index contributed by atoms with van der Waals surface area (Å²) >= 11 is 0. The first-order chi connectivity index (χ1) is 18.8. The highest BCUT2D eigenvalue weighted by Gasteiger charge is 2.34. The number of methoxy groups -OCH3 is 1. The number of rotatable bonds is 9. The standard InChI is InChI=1S/C30H36N4O5/c1-20-16-34(21(2)19-35)30(37)25-9-6-10-26(32-29(36)23-11-13-31-14-12-23)28(25)39-27(20)18-33(3)17-22-7-5-8-24(15-22)38-4/h5-15,20-21,27,35H,16-19H2,1-4H3,(H,32,36)/t20-,21-,27+/m0/s1. The number of benzene rings is 2. The monoisotopic (exact) mass is 532 g/mol. The Morgan fingerprint density at radius 1 is 1.23 bits per heavy atom. The minimum absolute atomic E-state index is 0.0622. The van der Waals surface area contributed by atoms with Crippen LogP contribution in [0.2, 0.25) is 0 Å². The van der Waals surface area contributed by atoms with Crippen LogP contribution in [0, 0.1) is 5.92 Å². The number of fused-ring (bicyclic) bond motifs is 1. The Bertz CT molecular complexity index is 1290. The Morgan fingerprint density at radius 3 is 2.69 bits per heavy atom. The molecule has 0 unspecified atom stereocenters. The zero-order chi connectivity index (χ0) is 27.9. The number of nitrogens with zero attached hydrogens (tertiary/aromatic N) is 3. The van der Waals surface area contributed by atoms with Gasteiger partial charge in [-0.3, -0.25) is 19.5 Å². The number of anilines is 1. The number of carbonyl (C=O) groups is 2. The Morgan fingerprint density at radius 2 is 1.97 bits per heavy atom. The van der Waals surface area contributed by atoms with Crippen molar-refractivity contribution in [3.8, 4) is 11.5 Å². The van der Waals surface area contributed by atoms with E-state index in [4.69, 9.17) is 9.47 Å². The summed E-state index contributed by atoms with van der Waals surface area (Å²) in [6.45, 7) is 5.37. The number of pyridine rings is 1. The SMILES string of the molecule is COc1cccc(CN(C)C[C@H]2Oc3c(NC(=O)c4ccncc4)cccc3C(=O)N([C@@H](C)CO)C[C@@H]2C)c1. The van der Waals surface area contributed by atoms with Crippen molar-refractivity contribution >= 4 is 17.5 Å². The summed E-state index contributed by atoms with van der Waals surface area (Å²) in [4.78, 5) is 34.5. The molecule has 3 aromatic rings. The second-order valence-electron chi connectivity index (χ2n) is 10.0. The van der Waals surface area contributed by atoms with Crippen LogP contribution in [0.15, 0.2) is 67.0 Å². The van der Waals surface area contributed by atoms with Crippen molar-refractivity contribution in [1.82, 2.24) is 14.8 Å². The van der Waals surface area contributed by atoms with Gasteiger partial charge < -0.3 is 24.8 Å². The summed E-state index contributed by atoms with van der Waals surface area (Å²) in [5, 5.41) is 12.8. The second-order valence-corrected chi connectivity index (χ2v) is 10.0. The van der Waals surface area contributed by atoms with Crippen LogP contribution in [-0.4, -0.2) is 77.7 Å².